The molecule has 0 unspecified atom stereocenters. The van der Waals surface area contributed by atoms with Gasteiger partial charge in [-0.25, -0.2) is 4.98 Å². The summed E-state index contributed by atoms with van der Waals surface area (Å²) >= 11 is 0. The van der Waals surface area contributed by atoms with Crippen LogP contribution in [-0.4, -0.2) is 12.1 Å². The molecule has 20 heavy (non-hydrogen) atoms. The first kappa shape index (κ1) is 12.7. The quantitative estimate of drug-likeness (QED) is 0.614. The van der Waals surface area contributed by atoms with E-state index in [1.54, 1.807) is 30.3 Å². The van der Waals surface area contributed by atoms with Crippen LogP contribution in [0.5, 0.6) is 5.75 Å². The second-order valence-electron chi connectivity index (χ2n) is 4.39. The summed E-state index contributed by atoms with van der Waals surface area (Å²) in [7, 11) is 1.48. The lowest BCUT2D eigenvalue weighted by molar-refractivity contribution is -0.139. The molecule has 0 spiro atoms. The molecule has 1 heterocycles. The largest absolute Gasteiger partial charge is 0.497 e. The first-order valence-electron chi connectivity index (χ1n) is 5.94. The molecule has 2 nitrogen and oxygen atoms in total. The SMILES string of the molecule is COc1ccc2c(C(F)(F)F)nc3ccccc3c2c1. The van der Waals surface area contributed by atoms with Crippen molar-refractivity contribution < 1.29 is 17.9 Å². The molecule has 0 radical (unpaired) electrons. The lowest BCUT2D eigenvalue weighted by Gasteiger charge is -2.13. The Morgan fingerprint density at radius 3 is 2.40 bits per heavy atom. The van der Waals surface area contributed by atoms with Crippen molar-refractivity contribution in [3.8, 4) is 5.75 Å². The minimum absolute atomic E-state index is 0.0806. The summed E-state index contributed by atoms with van der Waals surface area (Å²) in [5.74, 6) is 0.516. The van der Waals surface area contributed by atoms with E-state index in [2.05, 4.69) is 4.98 Å². The highest BCUT2D eigenvalue weighted by Crippen LogP contribution is 2.37. The molecular formula is C15H10F3NO. The lowest BCUT2D eigenvalue weighted by atomic mass is 10.0. The fraction of sp³-hybridized carbons (Fsp3) is 0.133. The van der Waals surface area contributed by atoms with E-state index in [-0.39, 0.29) is 5.39 Å². The van der Waals surface area contributed by atoms with E-state index in [1.807, 2.05) is 0 Å². The number of rotatable bonds is 1. The maximum atomic E-state index is 13.1. The molecule has 3 rings (SSSR count). The van der Waals surface area contributed by atoms with Crippen molar-refractivity contribution in [1.29, 1.82) is 0 Å². The first-order valence-corrected chi connectivity index (χ1v) is 5.94. The number of aromatic nitrogens is 1. The van der Waals surface area contributed by atoms with Gasteiger partial charge < -0.3 is 4.74 Å². The normalized spacial score (nSPS) is 12.0. The molecular weight excluding hydrogens is 267 g/mol. The molecule has 0 aliphatic rings. The summed E-state index contributed by atoms with van der Waals surface area (Å²) in [6.07, 6.45) is -4.49. The molecule has 0 saturated heterocycles. The first-order chi connectivity index (χ1) is 9.50. The van der Waals surface area contributed by atoms with Gasteiger partial charge in [-0.2, -0.15) is 13.2 Å². The standard InChI is InChI=1S/C15H10F3NO/c1-20-9-6-7-11-12(8-9)10-4-2-3-5-13(10)19-14(11)15(16,17)18/h2-8H,1H3. The Morgan fingerprint density at radius 1 is 0.950 bits per heavy atom. The average Bonchev–Trinajstić information content (AvgIpc) is 2.44. The minimum Gasteiger partial charge on any atom is -0.497 e. The number of methoxy groups -OCH3 is 1. The van der Waals surface area contributed by atoms with Crippen molar-refractivity contribution in [1.82, 2.24) is 4.98 Å². The summed E-state index contributed by atoms with van der Waals surface area (Å²) in [4.78, 5) is 3.76. The highest BCUT2D eigenvalue weighted by atomic mass is 19.4. The van der Waals surface area contributed by atoms with Crippen molar-refractivity contribution in [2.24, 2.45) is 0 Å². The minimum atomic E-state index is -4.49. The zero-order chi connectivity index (χ0) is 14.3. The van der Waals surface area contributed by atoms with Crippen LogP contribution in [0.25, 0.3) is 21.7 Å². The molecule has 0 aliphatic heterocycles. The van der Waals surface area contributed by atoms with Gasteiger partial charge in [-0.3, -0.25) is 0 Å². The monoisotopic (exact) mass is 277 g/mol. The summed E-state index contributed by atoms with van der Waals surface area (Å²) in [5, 5.41) is 1.24. The maximum Gasteiger partial charge on any atom is 0.433 e. The Kier molecular flexibility index (Phi) is 2.78. The van der Waals surface area contributed by atoms with E-state index in [0.717, 1.165) is 0 Å². The average molecular weight is 277 g/mol. The third-order valence-electron chi connectivity index (χ3n) is 3.18. The second-order valence-corrected chi connectivity index (χ2v) is 4.39. The van der Waals surface area contributed by atoms with Crippen LogP contribution in [0.15, 0.2) is 42.5 Å². The van der Waals surface area contributed by atoms with Crippen LogP contribution in [0.4, 0.5) is 13.2 Å². The number of hydrogen-bond donors (Lipinski definition) is 0. The van der Waals surface area contributed by atoms with E-state index in [0.29, 0.717) is 22.0 Å². The van der Waals surface area contributed by atoms with Crippen LogP contribution in [-0.2, 0) is 6.18 Å². The number of ether oxygens (including phenoxy) is 1. The van der Waals surface area contributed by atoms with Crippen LogP contribution in [0.3, 0.4) is 0 Å². The van der Waals surface area contributed by atoms with Crippen LogP contribution in [0.1, 0.15) is 5.69 Å². The van der Waals surface area contributed by atoms with Gasteiger partial charge in [0.2, 0.25) is 0 Å². The molecule has 3 aromatic rings. The van der Waals surface area contributed by atoms with Gasteiger partial charge >= 0.3 is 6.18 Å². The van der Waals surface area contributed by atoms with Gasteiger partial charge in [0.05, 0.1) is 12.6 Å². The van der Waals surface area contributed by atoms with Crippen molar-refractivity contribution in [3.63, 3.8) is 0 Å². The van der Waals surface area contributed by atoms with Crippen LogP contribution < -0.4 is 4.74 Å². The van der Waals surface area contributed by atoms with Gasteiger partial charge in [0.25, 0.3) is 0 Å². The molecule has 0 aliphatic carbocycles. The van der Waals surface area contributed by atoms with Gasteiger partial charge in [-0.15, -0.1) is 0 Å². The summed E-state index contributed by atoms with van der Waals surface area (Å²) in [5.41, 5.74) is -0.547. The predicted octanol–water partition coefficient (Wildman–Crippen LogP) is 4.42. The fourth-order valence-electron chi connectivity index (χ4n) is 2.28. The lowest BCUT2D eigenvalue weighted by Crippen LogP contribution is -2.09. The molecule has 0 bridgehead atoms. The third kappa shape index (κ3) is 1.95. The number of fused-ring (bicyclic) bond motifs is 3. The van der Waals surface area contributed by atoms with Crippen LogP contribution in [0, 0.1) is 0 Å². The Labute approximate surface area is 112 Å². The number of benzene rings is 2. The Morgan fingerprint density at radius 2 is 1.70 bits per heavy atom. The summed E-state index contributed by atoms with van der Waals surface area (Å²) in [6.45, 7) is 0. The van der Waals surface area contributed by atoms with E-state index in [1.165, 1.54) is 19.2 Å². The summed E-state index contributed by atoms with van der Waals surface area (Å²) < 4.78 is 44.5. The van der Waals surface area contributed by atoms with Crippen molar-refractivity contribution in [2.75, 3.05) is 7.11 Å². The zero-order valence-electron chi connectivity index (χ0n) is 10.5. The molecule has 0 atom stereocenters. The fourth-order valence-corrected chi connectivity index (χ4v) is 2.28. The summed E-state index contributed by atoms with van der Waals surface area (Å²) in [6, 6.07) is 11.3. The van der Waals surface area contributed by atoms with Crippen LogP contribution >= 0.6 is 0 Å². The maximum absolute atomic E-state index is 13.1. The zero-order valence-corrected chi connectivity index (χ0v) is 10.5. The molecule has 0 fully saturated rings. The van der Waals surface area contributed by atoms with E-state index < -0.39 is 11.9 Å². The van der Waals surface area contributed by atoms with Gasteiger partial charge in [0, 0.05) is 10.8 Å². The van der Waals surface area contributed by atoms with Gasteiger partial charge in [-0.05, 0) is 29.7 Å². The van der Waals surface area contributed by atoms with E-state index in [4.69, 9.17) is 4.74 Å². The predicted molar refractivity (Wildman–Crippen MR) is 70.8 cm³/mol. The highest BCUT2D eigenvalue weighted by Gasteiger charge is 2.35. The van der Waals surface area contributed by atoms with Crippen molar-refractivity contribution in [3.05, 3.63) is 48.2 Å². The number of pyridine rings is 1. The van der Waals surface area contributed by atoms with Gasteiger partial charge in [-0.1, -0.05) is 18.2 Å². The van der Waals surface area contributed by atoms with E-state index >= 15 is 0 Å². The molecule has 0 N–H and O–H groups in total. The molecule has 2 aromatic carbocycles. The molecule has 0 amide bonds. The Balaban J connectivity index is 2.50. The van der Waals surface area contributed by atoms with Crippen molar-refractivity contribution >= 4 is 21.7 Å². The number of nitrogens with zero attached hydrogens (tertiary/aromatic N) is 1. The molecule has 0 saturated carbocycles. The Hall–Kier alpha value is -2.30. The number of para-hydroxylation sites is 1. The molecule has 102 valence electrons. The van der Waals surface area contributed by atoms with Gasteiger partial charge in [0.1, 0.15) is 5.75 Å². The number of alkyl halides is 3. The highest BCUT2D eigenvalue weighted by molar-refractivity contribution is 6.07. The molecule has 1 aromatic heterocycles. The van der Waals surface area contributed by atoms with Crippen LogP contribution in [0.2, 0.25) is 0 Å². The number of hydrogen-bond acceptors (Lipinski definition) is 2. The third-order valence-corrected chi connectivity index (χ3v) is 3.18. The smallest absolute Gasteiger partial charge is 0.433 e. The Bertz CT molecular complexity index is 796. The topological polar surface area (TPSA) is 22.1 Å². The second kappa shape index (κ2) is 4.37. The molecule has 5 heteroatoms. The van der Waals surface area contributed by atoms with E-state index in [9.17, 15) is 13.2 Å². The van der Waals surface area contributed by atoms with Gasteiger partial charge in [0.15, 0.2) is 5.69 Å². The number of halogens is 3. The van der Waals surface area contributed by atoms with Crippen molar-refractivity contribution in [2.45, 2.75) is 6.18 Å².